The molecular weight excluding hydrogens is 118 g/mol. The van der Waals surface area contributed by atoms with Gasteiger partial charge in [-0.05, 0) is 13.3 Å². The maximum Gasteiger partial charge on any atom is 0.428 e. The van der Waals surface area contributed by atoms with E-state index in [4.69, 9.17) is 0 Å². The molecule has 0 saturated carbocycles. The minimum absolute atomic E-state index is 0.409. The molecule has 0 N–H and O–H groups in total. The Morgan fingerprint density at radius 3 is 2.67 bits per heavy atom. The van der Waals surface area contributed by atoms with E-state index in [1.807, 2.05) is 6.92 Å². The monoisotopic (exact) mass is 130 g/mol. The molecule has 1 amide bonds. The van der Waals surface area contributed by atoms with Gasteiger partial charge < -0.3 is 4.74 Å². The molecule has 0 fully saturated rings. The fraction of sp³-hybridized carbons (Fsp3) is 0.833. The van der Waals surface area contributed by atoms with Gasteiger partial charge in [-0.2, -0.15) is 0 Å². The lowest BCUT2D eigenvalue weighted by atomic mass is 10.5. The van der Waals surface area contributed by atoms with Crippen LogP contribution in [0.4, 0.5) is 4.79 Å². The summed E-state index contributed by atoms with van der Waals surface area (Å²) < 4.78 is 4.54. The third kappa shape index (κ3) is 5.14. The Balaban J connectivity index is 3.06. The highest BCUT2D eigenvalue weighted by Gasteiger charge is 1.97. The van der Waals surface area contributed by atoms with Crippen LogP contribution in [-0.4, -0.2) is 19.2 Å². The van der Waals surface area contributed by atoms with Crippen molar-refractivity contribution in [3.8, 4) is 0 Å². The van der Waals surface area contributed by atoms with E-state index < -0.39 is 6.09 Å². The molecule has 0 rings (SSSR count). The second-order valence-electron chi connectivity index (χ2n) is 1.58. The van der Waals surface area contributed by atoms with Crippen LogP contribution in [0, 0.1) is 0 Å². The van der Waals surface area contributed by atoms with Crippen LogP contribution in [0.2, 0.25) is 0 Å². The molecule has 3 heteroatoms. The van der Waals surface area contributed by atoms with Crippen LogP contribution in [0.3, 0.4) is 0 Å². The zero-order valence-electron chi connectivity index (χ0n) is 5.89. The van der Waals surface area contributed by atoms with Gasteiger partial charge in [-0.3, -0.25) is 0 Å². The zero-order chi connectivity index (χ0) is 7.11. The van der Waals surface area contributed by atoms with Gasteiger partial charge in [-0.15, -0.1) is 0 Å². The average molecular weight is 130 g/mol. The van der Waals surface area contributed by atoms with Crippen molar-refractivity contribution >= 4 is 6.09 Å². The van der Waals surface area contributed by atoms with Crippen LogP contribution < -0.4 is 5.32 Å². The van der Waals surface area contributed by atoms with Gasteiger partial charge in [-0.25, -0.2) is 10.1 Å². The second kappa shape index (κ2) is 5.41. The van der Waals surface area contributed by atoms with Crippen molar-refractivity contribution in [1.82, 2.24) is 5.32 Å². The molecule has 0 heterocycles. The van der Waals surface area contributed by atoms with Crippen LogP contribution in [0.1, 0.15) is 20.3 Å². The average Bonchev–Trinajstić information content (AvgIpc) is 1.85. The summed E-state index contributed by atoms with van der Waals surface area (Å²) in [5.74, 6) is 0. The Bertz CT molecular complexity index is 83.1. The Kier molecular flexibility index (Phi) is 4.97. The predicted molar refractivity (Wildman–Crippen MR) is 34.3 cm³/mol. The highest BCUT2D eigenvalue weighted by atomic mass is 16.5. The molecule has 0 unspecified atom stereocenters. The third-order valence-corrected chi connectivity index (χ3v) is 0.732. The van der Waals surface area contributed by atoms with Crippen LogP contribution in [-0.2, 0) is 4.74 Å². The number of carbonyl (C=O) groups is 1. The highest BCUT2D eigenvalue weighted by molar-refractivity contribution is 5.66. The maximum absolute atomic E-state index is 10.4. The van der Waals surface area contributed by atoms with E-state index in [1.165, 1.54) is 0 Å². The van der Waals surface area contributed by atoms with Crippen molar-refractivity contribution in [1.29, 1.82) is 0 Å². The lowest BCUT2D eigenvalue weighted by molar-refractivity contribution is 0.151. The van der Waals surface area contributed by atoms with Gasteiger partial charge in [0.1, 0.15) is 0 Å². The van der Waals surface area contributed by atoms with Crippen molar-refractivity contribution in [2.45, 2.75) is 20.3 Å². The first-order valence-corrected chi connectivity index (χ1v) is 3.15. The van der Waals surface area contributed by atoms with E-state index in [9.17, 15) is 4.79 Å². The Morgan fingerprint density at radius 2 is 2.22 bits per heavy atom. The summed E-state index contributed by atoms with van der Waals surface area (Å²) in [4.78, 5) is 10.4. The van der Waals surface area contributed by atoms with Gasteiger partial charge in [-0.1, -0.05) is 6.92 Å². The molecule has 0 atom stereocenters. The lowest BCUT2D eigenvalue weighted by Crippen LogP contribution is -2.17. The Hall–Kier alpha value is -0.730. The molecule has 0 aliphatic heterocycles. The number of ether oxygens (including phenoxy) is 1. The van der Waals surface area contributed by atoms with Crippen LogP contribution in [0.15, 0.2) is 0 Å². The first-order valence-electron chi connectivity index (χ1n) is 3.15. The number of amides is 1. The molecule has 53 valence electrons. The van der Waals surface area contributed by atoms with Crippen molar-refractivity contribution in [2.24, 2.45) is 0 Å². The van der Waals surface area contributed by atoms with E-state index in [2.05, 4.69) is 10.1 Å². The maximum atomic E-state index is 10.4. The van der Waals surface area contributed by atoms with Crippen LogP contribution >= 0.6 is 0 Å². The molecule has 0 aliphatic carbocycles. The van der Waals surface area contributed by atoms with E-state index >= 15 is 0 Å². The third-order valence-electron chi connectivity index (χ3n) is 0.732. The number of hydrogen-bond acceptors (Lipinski definition) is 2. The lowest BCUT2D eigenvalue weighted by Gasteiger charge is -1.98. The number of hydrogen-bond donors (Lipinski definition) is 0. The Labute approximate surface area is 55.4 Å². The normalized spacial score (nSPS) is 8.67. The van der Waals surface area contributed by atoms with Crippen molar-refractivity contribution < 1.29 is 9.53 Å². The van der Waals surface area contributed by atoms with E-state index in [-0.39, 0.29) is 0 Å². The van der Waals surface area contributed by atoms with Crippen molar-refractivity contribution in [3.63, 3.8) is 0 Å². The largest absolute Gasteiger partial charge is 0.448 e. The summed E-state index contributed by atoms with van der Waals surface area (Å²) >= 11 is 0. The molecule has 3 nitrogen and oxygen atoms in total. The zero-order valence-corrected chi connectivity index (χ0v) is 5.89. The molecule has 1 radical (unpaired) electrons. The molecule has 0 aromatic heterocycles. The fourth-order valence-electron chi connectivity index (χ4n) is 0.372. The summed E-state index contributed by atoms with van der Waals surface area (Å²) in [5.41, 5.74) is 0. The summed E-state index contributed by atoms with van der Waals surface area (Å²) in [6.07, 6.45) is 0.443. The first kappa shape index (κ1) is 8.27. The number of rotatable bonds is 3. The van der Waals surface area contributed by atoms with Crippen molar-refractivity contribution in [3.05, 3.63) is 0 Å². The molecule has 0 bridgehead atoms. The van der Waals surface area contributed by atoms with Crippen LogP contribution in [0.25, 0.3) is 0 Å². The molecule has 0 aromatic carbocycles. The van der Waals surface area contributed by atoms with E-state index in [0.29, 0.717) is 13.2 Å². The molecule has 0 aliphatic rings. The molecule has 0 aromatic rings. The molecule has 0 saturated heterocycles. The van der Waals surface area contributed by atoms with Gasteiger partial charge in [0, 0.05) is 6.54 Å². The van der Waals surface area contributed by atoms with Gasteiger partial charge in [0.2, 0.25) is 0 Å². The van der Waals surface area contributed by atoms with Gasteiger partial charge in [0.05, 0.1) is 6.61 Å². The Morgan fingerprint density at radius 1 is 1.56 bits per heavy atom. The smallest absolute Gasteiger partial charge is 0.428 e. The topological polar surface area (TPSA) is 40.4 Å². The standard InChI is InChI=1S/C6H12NO2/c1-3-5-7-6(8)9-4-2/h3-5H2,1-2H3. The first-order chi connectivity index (χ1) is 4.31. The highest BCUT2D eigenvalue weighted by Crippen LogP contribution is 1.79. The number of carbonyl (C=O) groups excluding carboxylic acids is 1. The summed E-state index contributed by atoms with van der Waals surface area (Å²) in [5, 5.41) is 3.57. The van der Waals surface area contributed by atoms with Gasteiger partial charge >= 0.3 is 6.09 Å². The minimum atomic E-state index is -0.445. The quantitative estimate of drug-likeness (QED) is 0.575. The van der Waals surface area contributed by atoms with Gasteiger partial charge in [0.15, 0.2) is 0 Å². The van der Waals surface area contributed by atoms with E-state index in [1.54, 1.807) is 6.92 Å². The van der Waals surface area contributed by atoms with E-state index in [0.717, 1.165) is 6.42 Å². The van der Waals surface area contributed by atoms with Crippen molar-refractivity contribution in [2.75, 3.05) is 13.2 Å². The summed E-state index contributed by atoms with van der Waals surface area (Å²) in [7, 11) is 0. The molecular formula is C6H12NO2. The SMILES string of the molecule is CCC[N]C(=O)OCC. The van der Waals surface area contributed by atoms with Crippen LogP contribution in [0.5, 0.6) is 0 Å². The minimum Gasteiger partial charge on any atom is -0.448 e. The predicted octanol–water partition coefficient (Wildman–Crippen LogP) is 1.16. The molecule has 0 spiro atoms. The summed E-state index contributed by atoms with van der Waals surface area (Å²) in [6.45, 7) is 4.70. The number of nitrogens with zero attached hydrogens (tertiary/aromatic N) is 1. The molecule has 9 heavy (non-hydrogen) atoms. The summed E-state index contributed by atoms with van der Waals surface area (Å²) in [6, 6.07) is 0. The second-order valence-corrected chi connectivity index (χ2v) is 1.58. The van der Waals surface area contributed by atoms with Gasteiger partial charge in [0.25, 0.3) is 0 Å². The fourth-order valence-corrected chi connectivity index (χ4v) is 0.372.